The van der Waals surface area contributed by atoms with Gasteiger partial charge in [0.05, 0.1) is 13.2 Å². The van der Waals surface area contributed by atoms with E-state index in [0.29, 0.717) is 37.5 Å². The number of anilines is 3. The molecule has 8 nitrogen and oxygen atoms in total. The molecule has 2 aliphatic rings. The van der Waals surface area contributed by atoms with Gasteiger partial charge in [0.15, 0.2) is 11.6 Å². The van der Waals surface area contributed by atoms with E-state index in [1.54, 1.807) is 0 Å². The van der Waals surface area contributed by atoms with Crippen LogP contribution in [-0.2, 0) is 17.9 Å². The molecule has 1 aromatic carbocycles. The first-order valence-electron chi connectivity index (χ1n) is 11.6. The van der Waals surface area contributed by atoms with Gasteiger partial charge in [-0.05, 0) is 43.5 Å². The monoisotopic (exact) mass is 412 g/mol. The van der Waals surface area contributed by atoms with Crippen molar-refractivity contribution in [3.05, 3.63) is 35.4 Å². The van der Waals surface area contributed by atoms with Gasteiger partial charge in [0.1, 0.15) is 5.69 Å². The number of carbonyl (C=O) groups is 1. The van der Waals surface area contributed by atoms with Crippen LogP contribution in [0.4, 0.5) is 17.3 Å². The standard InChI is InChI=1S/C22H30N6O2/c1-2-3-12-30-22-25-20(23)19-21(26-22)28(15-18(29)24-19)14-17-8-6-16(7-9-17)13-27-10-4-5-11-27/h6-9H,2-5,10-15H2,1H3,(H,24,29)(H2,23,25,26)/i1D2. The van der Waals surface area contributed by atoms with E-state index in [0.717, 1.165) is 12.1 Å². The van der Waals surface area contributed by atoms with E-state index < -0.39 is 6.88 Å². The van der Waals surface area contributed by atoms with E-state index in [2.05, 4.69) is 44.5 Å². The minimum atomic E-state index is -0.874. The summed E-state index contributed by atoms with van der Waals surface area (Å²) in [5, 5.41) is 2.76. The molecule has 4 rings (SSSR count). The Morgan fingerprint density at radius 2 is 1.90 bits per heavy atom. The van der Waals surface area contributed by atoms with Crippen molar-refractivity contribution in [3.63, 3.8) is 0 Å². The average molecular weight is 413 g/mol. The summed E-state index contributed by atoms with van der Waals surface area (Å²) >= 11 is 0. The van der Waals surface area contributed by atoms with E-state index >= 15 is 0 Å². The number of aromatic nitrogens is 2. The normalized spacial score (nSPS) is 17.5. The summed E-state index contributed by atoms with van der Waals surface area (Å²) < 4.78 is 20.1. The molecule has 0 saturated carbocycles. The maximum Gasteiger partial charge on any atom is 0.320 e. The number of ether oxygens (including phenoxy) is 1. The third-order valence-electron chi connectivity index (χ3n) is 5.38. The van der Waals surface area contributed by atoms with Crippen molar-refractivity contribution in [3.8, 4) is 6.01 Å². The maximum atomic E-state index is 12.2. The van der Waals surface area contributed by atoms with Crippen molar-refractivity contribution in [2.24, 2.45) is 0 Å². The van der Waals surface area contributed by atoms with Crippen LogP contribution >= 0.6 is 0 Å². The molecule has 2 aromatic rings. The molecular formula is C22H30N6O2. The molecule has 30 heavy (non-hydrogen) atoms. The van der Waals surface area contributed by atoms with Crippen LogP contribution in [0.2, 0.25) is 0 Å². The predicted octanol–water partition coefficient (Wildman–Crippen LogP) is 2.79. The predicted molar refractivity (Wildman–Crippen MR) is 117 cm³/mol. The Labute approximate surface area is 180 Å². The molecule has 0 aliphatic carbocycles. The number of hydrogen-bond acceptors (Lipinski definition) is 7. The van der Waals surface area contributed by atoms with Crippen LogP contribution in [0.25, 0.3) is 0 Å². The lowest BCUT2D eigenvalue weighted by atomic mass is 10.1. The molecule has 0 unspecified atom stereocenters. The van der Waals surface area contributed by atoms with Crippen molar-refractivity contribution in [2.75, 3.05) is 42.2 Å². The number of likely N-dealkylation sites (tertiary alicyclic amines) is 1. The van der Waals surface area contributed by atoms with E-state index in [1.807, 2.05) is 4.90 Å². The second kappa shape index (κ2) is 9.30. The highest BCUT2D eigenvalue weighted by molar-refractivity contribution is 6.03. The molecule has 0 spiro atoms. The van der Waals surface area contributed by atoms with Gasteiger partial charge in [-0.2, -0.15) is 9.97 Å². The quantitative estimate of drug-likeness (QED) is 0.644. The van der Waals surface area contributed by atoms with Crippen LogP contribution in [-0.4, -0.2) is 47.0 Å². The lowest BCUT2D eigenvalue weighted by molar-refractivity contribution is -0.115. The van der Waals surface area contributed by atoms with Gasteiger partial charge in [0.2, 0.25) is 5.91 Å². The van der Waals surface area contributed by atoms with Crippen LogP contribution in [0.1, 0.15) is 46.4 Å². The summed E-state index contributed by atoms with van der Waals surface area (Å²) in [7, 11) is 0. The van der Waals surface area contributed by atoms with Crippen molar-refractivity contribution >= 4 is 23.2 Å². The summed E-state index contributed by atoms with van der Waals surface area (Å²) in [6, 6.07) is 8.62. The molecule has 3 N–H and O–H groups in total. The largest absolute Gasteiger partial charge is 0.463 e. The molecule has 1 amide bonds. The van der Waals surface area contributed by atoms with Crippen molar-refractivity contribution in [1.82, 2.24) is 14.9 Å². The average Bonchev–Trinajstić information content (AvgIpc) is 3.26. The topological polar surface area (TPSA) is 96.6 Å². The highest BCUT2D eigenvalue weighted by Gasteiger charge is 2.27. The first-order chi connectivity index (χ1) is 15.5. The third kappa shape index (κ3) is 4.81. The Balaban J connectivity index is 1.45. The number of hydrogen-bond donors (Lipinski definition) is 2. The fourth-order valence-electron chi connectivity index (χ4n) is 3.83. The number of benzene rings is 1. The Hall–Kier alpha value is -2.87. The molecule has 1 fully saturated rings. The highest BCUT2D eigenvalue weighted by Crippen LogP contribution is 2.34. The summed E-state index contributed by atoms with van der Waals surface area (Å²) in [6.45, 7) is 3.41. The fraction of sp³-hybridized carbons (Fsp3) is 0.500. The lowest BCUT2D eigenvalue weighted by Crippen LogP contribution is -2.39. The van der Waals surface area contributed by atoms with E-state index in [9.17, 15) is 4.79 Å². The Morgan fingerprint density at radius 1 is 1.17 bits per heavy atom. The SMILES string of the molecule is [2H]C([2H])CCCOc1nc(N)c2c(n1)N(Cc1ccc(CN3CCCC3)cc1)CC(=O)N2. The Bertz CT molecular complexity index is 935. The summed E-state index contributed by atoms with van der Waals surface area (Å²) in [6.07, 6.45) is 3.53. The summed E-state index contributed by atoms with van der Waals surface area (Å²) in [5.41, 5.74) is 8.84. The first kappa shape index (κ1) is 17.9. The van der Waals surface area contributed by atoms with Crippen LogP contribution in [0.3, 0.4) is 0 Å². The number of amides is 1. The lowest BCUT2D eigenvalue weighted by Gasteiger charge is -2.30. The van der Waals surface area contributed by atoms with E-state index in [4.69, 9.17) is 13.2 Å². The smallest absolute Gasteiger partial charge is 0.320 e. The number of rotatable bonds is 8. The zero-order chi connectivity index (χ0) is 22.5. The van der Waals surface area contributed by atoms with Gasteiger partial charge in [-0.15, -0.1) is 0 Å². The number of nitrogen functional groups attached to an aromatic ring is 1. The minimum absolute atomic E-state index is 0.134. The molecule has 8 heteroatoms. The van der Waals surface area contributed by atoms with E-state index in [1.165, 1.54) is 31.5 Å². The molecule has 1 saturated heterocycles. The summed E-state index contributed by atoms with van der Waals surface area (Å²) in [4.78, 5) is 25.2. The van der Waals surface area contributed by atoms with Crippen molar-refractivity contribution < 1.29 is 12.3 Å². The maximum absolute atomic E-state index is 12.2. The zero-order valence-corrected chi connectivity index (χ0v) is 17.1. The van der Waals surface area contributed by atoms with Gasteiger partial charge >= 0.3 is 6.01 Å². The number of nitrogens with two attached hydrogens (primary N) is 1. The molecule has 0 atom stereocenters. The molecular weight excluding hydrogens is 380 g/mol. The van der Waals surface area contributed by atoms with Gasteiger partial charge < -0.3 is 20.7 Å². The molecule has 1 aromatic heterocycles. The number of nitrogens with one attached hydrogen (secondary N) is 1. The van der Waals surface area contributed by atoms with Gasteiger partial charge in [0, 0.05) is 15.8 Å². The minimum Gasteiger partial charge on any atom is -0.463 e. The van der Waals surface area contributed by atoms with Crippen LogP contribution in [0, 0.1) is 0 Å². The highest BCUT2D eigenvalue weighted by atomic mass is 16.5. The summed E-state index contributed by atoms with van der Waals surface area (Å²) in [5.74, 6) is 0.527. The second-order valence-corrected chi connectivity index (χ2v) is 7.78. The van der Waals surface area contributed by atoms with Crippen LogP contribution in [0.5, 0.6) is 6.01 Å². The number of nitrogens with zero attached hydrogens (tertiary/aromatic N) is 4. The number of fused-ring (bicyclic) bond motifs is 1. The molecule has 3 heterocycles. The van der Waals surface area contributed by atoms with Crippen LogP contribution < -0.4 is 20.7 Å². The van der Waals surface area contributed by atoms with E-state index in [-0.39, 0.29) is 24.3 Å². The third-order valence-corrected chi connectivity index (χ3v) is 5.38. The van der Waals surface area contributed by atoms with Crippen molar-refractivity contribution in [1.29, 1.82) is 0 Å². The first-order valence-corrected chi connectivity index (χ1v) is 10.5. The number of carbonyl (C=O) groups excluding carboxylic acids is 1. The Morgan fingerprint density at radius 3 is 2.63 bits per heavy atom. The zero-order valence-electron chi connectivity index (χ0n) is 19.1. The van der Waals surface area contributed by atoms with Gasteiger partial charge in [0.25, 0.3) is 0 Å². The molecule has 0 radical (unpaired) electrons. The van der Waals surface area contributed by atoms with Crippen LogP contribution in [0.15, 0.2) is 24.3 Å². The van der Waals surface area contributed by atoms with Gasteiger partial charge in [-0.1, -0.05) is 37.6 Å². The molecule has 2 aliphatic heterocycles. The van der Waals surface area contributed by atoms with Gasteiger partial charge in [-0.25, -0.2) is 0 Å². The molecule has 0 bridgehead atoms. The Kier molecular flexibility index (Phi) is 5.56. The van der Waals surface area contributed by atoms with Gasteiger partial charge in [-0.3, -0.25) is 9.69 Å². The fourth-order valence-corrected chi connectivity index (χ4v) is 3.83. The van der Waals surface area contributed by atoms with Crippen molar-refractivity contribution in [2.45, 2.75) is 45.6 Å². The second-order valence-electron chi connectivity index (χ2n) is 7.78. The molecule has 160 valence electrons.